The molecule has 2 N–H and O–H groups in total. The highest BCUT2D eigenvalue weighted by Gasteiger charge is 2.22. The first-order chi connectivity index (χ1) is 12.7. The van der Waals surface area contributed by atoms with Crippen molar-refractivity contribution in [2.45, 2.75) is 45.9 Å². The van der Waals surface area contributed by atoms with Gasteiger partial charge < -0.3 is 20.3 Å². The predicted octanol–water partition coefficient (Wildman–Crippen LogP) is 2.70. The number of aliphatic imine (C=N–C) groups is 1. The molecule has 1 heterocycles. The van der Waals surface area contributed by atoms with Crippen molar-refractivity contribution in [2.75, 3.05) is 47.3 Å². The molecule has 0 aromatic heterocycles. The topological polar surface area (TPSA) is 52.1 Å². The minimum atomic E-state index is -0.222. The largest absolute Gasteiger partial charge is 0.488 e. The van der Waals surface area contributed by atoms with Gasteiger partial charge in [0.2, 0.25) is 0 Å². The Balaban J connectivity index is 0.00000392. The lowest BCUT2D eigenvalue weighted by Gasteiger charge is -2.37. The summed E-state index contributed by atoms with van der Waals surface area (Å²) in [4.78, 5) is 9.17. The first-order valence-electron chi connectivity index (χ1n) is 9.80. The molecule has 1 aliphatic heterocycles. The van der Waals surface area contributed by atoms with Gasteiger partial charge >= 0.3 is 0 Å². The molecule has 1 atom stereocenters. The molecule has 7 heteroatoms. The maximum atomic E-state index is 6.15. The zero-order chi connectivity index (χ0) is 20.0. The van der Waals surface area contributed by atoms with Crippen LogP contribution < -0.4 is 15.4 Å². The number of nitrogens with one attached hydrogen (secondary N) is 2. The maximum absolute atomic E-state index is 6.15. The minimum absolute atomic E-state index is 0. The van der Waals surface area contributed by atoms with Crippen LogP contribution in [0.2, 0.25) is 0 Å². The summed E-state index contributed by atoms with van der Waals surface area (Å²) in [5, 5.41) is 6.89. The highest BCUT2D eigenvalue weighted by Crippen LogP contribution is 2.24. The van der Waals surface area contributed by atoms with E-state index in [9.17, 15) is 0 Å². The Kier molecular flexibility index (Phi) is 10.00. The van der Waals surface area contributed by atoms with E-state index >= 15 is 0 Å². The maximum Gasteiger partial charge on any atom is 0.191 e. The van der Waals surface area contributed by atoms with Gasteiger partial charge in [-0.1, -0.05) is 12.1 Å². The number of hydrogen-bond acceptors (Lipinski definition) is 4. The molecule has 6 nitrogen and oxygen atoms in total. The van der Waals surface area contributed by atoms with Crippen molar-refractivity contribution in [3.63, 3.8) is 0 Å². The summed E-state index contributed by atoms with van der Waals surface area (Å²) in [6.45, 7) is 13.2. The van der Waals surface area contributed by atoms with Gasteiger partial charge in [0.25, 0.3) is 0 Å². The molecule has 1 saturated heterocycles. The van der Waals surface area contributed by atoms with Crippen LogP contribution in [0.25, 0.3) is 0 Å². The van der Waals surface area contributed by atoms with E-state index in [1.54, 1.807) is 0 Å². The Bertz CT molecular complexity index is 644. The third-order valence-electron chi connectivity index (χ3n) is 4.79. The number of hydrogen-bond donors (Lipinski definition) is 2. The first-order valence-corrected chi connectivity index (χ1v) is 9.80. The summed E-state index contributed by atoms with van der Waals surface area (Å²) in [6, 6.07) is 6.84. The average Bonchev–Trinajstić information content (AvgIpc) is 2.58. The highest BCUT2D eigenvalue weighted by atomic mass is 127. The summed E-state index contributed by atoms with van der Waals surface area (Å²) in [5.41, 5.74) is 2.11. The molecular weight excluding hydrogens is 465 g/mol. The van der Waals surface area contributed by atoms with E-state index in [0.717, 1.165) is 43.5 Å². The molecule has 28 heavy (non-hydrogen) atoms. The van der Waals surface area contributed by atoms with Gasteiger partial charge in [-0.15, -0.1) is 24.0 Å². The molecule has 0 spiro atoms. The number of halogens is 1. The second-order valence-corrected chi connectivity index (χ2v) is 8.53. The fourth-order valence-corrected chi connectivity index (χ4v) is 3.17. The van der Waals surface area contributed by atoms with Gasteiger partial charge in [0, 0.05) is 51.4 Å². The zero-order valence-corrected chi connectivity index (χ0v) is 20.8. The zero-order valence-electron chi connectivity index (χ0n) is 18.5. The summed E-state index contributed by atoms with van der Waals surface area (Å²) in [6.07, 6.45) is 0. The van der Waals surface area contributed by atoms with Crippen LogP contribution in [-0.2, 0) is 6.54 Å². The van der Waals surface area contributed by atoms with E-state index in [2.05, 4.69) is 85.4 Å². The number of ether oxygens (including phenoxy) is 1. The van der Waals surface area contributed by atoms with Crippen LogP contribution in [0.1, 0.15) is 31.9 Å². The Labute approximate surface area is 188 Å². The number of nitrogens with zero attached hydrogens (tertiary/aromatic N) is 3. The van der Waals surface area contributed by atoms with Crippen molar-refractivity contribution in [3.8, 4) is 5.75 Å². The second-order valence-electron chi connectivity index (χ2n) is 8.53. The van der Waals surface area contributed by atoms with Gasteiger partial charge in [-0.25, -0.2) is 0 Å². The van der Waals surface area contributed by atoms with E-state index in [1.165, 1.54) is 5.56 Å². The summed E-state index contributed by atoms with van der Waals surface area (Å²) in [7, 11) is 6.19. The fraction of sp³-hybridized carbons (Fsp3) is 0.667. The Morgan fingerprint density at radius 2 is 1.93 bits per heavy atom. The van der Waals surface area contributed by atoms with Crippen molar-refractivity contribution in [1.82, 2.24) is 20.4 Å². The average molecular weight is 503 g/mol. The van der Waals surface area contributed by atoms with Crippen molar-refractivity contribution in [3.05, 3.63) is 29.3 Å². The molecule has 160 valence electrons. The minimum Gasteiger partial charge on any atom is -0.488 e. The van der Waals surface area contributed by atoms with E-state index in [1.807, 2.05) is 7.05 Å². The van der Waals surface area contributed by atoms with Crippen molar-refractivity contribution in [2.24, 2.45) is 4.99 Å². The molecule has 1 aromatic carbocycles. The third-order valence-corrected chi connectivity index (χ3v) is 4.79. The van der Waals surface area contributed by atoms with E-state index < -0.39 is 0 Å². The van der Waals surface area contributed by atoms with Gasteiger partial charge in [0.05, 0.1) is 0 Å². The third kappa shape index (κ3) is 8.13. The lowest BCUT2D eigenvalue weighted by Crippen LogP contribution is -2.55. The van der Waals surface area contributed by atoms with E-state index in [-0.39, 0.29) is 29.6 Å². The van der Waals surface area contributed by atoms with Gasteiger partial charge in [-0.2, -0.15) is 0 Å². The molecule has 1 aliphatic rings. The number of guanidine groups is 1. The van der Waals surface area contributed by atoms with Gasteiger partial charge in [0.15, 0.2) is 5.96 Å². The van der Waals surface area contributed by atoms with Gasteiger partial charge in [-0.05, 0) is 53.4 Å². The smallest absolute Gasteiger partial charge is 0.191 e. The van der Waals surface area contributed by atoms with E-state index in [0.29, 0.717) is 12.6 Å². The van der Waals surface area contributed by atoms with Crippen LogP contribution in [0.3, 0.4) is 0 Å². The lowest BCUT2D eigenvalue weighted by molar-refractivity contribution is 0.116. The molecular formula is C21H38IN5O. The van der Waals surface area contributed by atoms with Crippen LogP contribution in [0, 0.1) is 6.92 Å². The van der Waals surface area contributed by atoms with Crippen molar-refractivity contribution in [1.29, 1.82) is 0 Å². The monoisotopic (exact) mass is 503 g/mol. The van der Waals surface area contributed by atoms with Crippen molar-refractivity contribution >= 4 is 29.9 Å². The predicted molar refractivity (Wildman–Crippen MR) is 129 cm³/mol. The molecule has 2 rings (SSSR count). The molecule has 1 unspecified atom stereocenters. The lowest BCUT2D eigenvalue weighted by atomic mass is 10.1. The van der Waals surface area contributed by atoms with Gasteiger partial charge in [0.1, 0.15) is 11.4 Å². The van der Waals surface area contributed by atoms with Crippen LogP contribution >= 0.6 is 24.0 Å². The second kappa shape index (κ2) is 11.2. The number of rotatable bonds is 5. The summed E-state index contributed by atoms with van der Waals surface area (Å²) >= 11 is 0. The van der Waals surface area contributed by atoms with Crippen LogP contribution in [0.4, 0.5) is 0 Å². The highest BCUT2D eigenvalue weighted by molar-refractivity contribution is 14.0. The molecule has 0 aliphatic carbocycles. The van der Waals surface area contributed by atoms with Gasteiger partial charge in [-0.3, -0.25) is 9.89 Å². The molecule has 0 saturated carbocycles. The summed E-state index contributed by atoms with van der Waals surface area (Å²) in [5.74, 6) is 1.75. The van der Waals surface area contributed by atoms with Crippen molar-refractivity contribution < 1.29 is 4.74 Å². The quantitative estimate of drug-likeness (QED) is 0.368. The number of likely N-dealkylation sites (N-methyl/N-ethyl adjacent to an activating group) is 2. The Hall–Kier alpha value is -1.06. The van der Waals surface area contributed by atoms with Crippen LogP contribution in [0.5, 0.6) is 5.75 Å². The van der Waals surface area contributed by atoms with Crippen LogP contribution in [0.15, 0.2) is 23.2 Å². The Morgan fingerprint density at radius 1 is 1.21 bits per heavy atom. The molecule has 0 radical (unpaired) electrons. The number of piperazine rings is 1. The molecule has 1 aromatic rings. The SMILES string of the molecule is CN=C(NCc1ccc(C)cc1OC(C)(C)C)NCC1CN(C)CCN1C.I. The molecule has 0 amide bonds. The van der Waals surface area contributed by atoms with Crippen LogP contribution in [-0.4, -0.2) is 74.7 Å². The Morgan fingerprint density at radius 3 is 2.57 bits per heavy atom. The molecule has 0 bridgehead atoms. The standard InChI is InChI=1S/C21H37N5O.HI/c1-16-8-9-17(19(12-16)27-21(2,3)4)13-23-20(22-5)24-14-18-15-25(6)10-11-26(18)7;/h8-9,12,18H,10-11,13-15H2,1-7H3,(H2,22,23,24);1H. The fourth-order valence-electron chi connectivity index (χ4n) is 3.17. The normalized spacial score (nSPS) is 19.1. The number of benzene rings is 1. The summed E-state index contributed by atoms with van der Waals surface area (Å²) < 4.78 is 6.15. The first kappa shape index (κ1) is 25.0. The molecule has 1 fully saturated rings. The van der Waals surface area contributed by atoms with E-state index in [4.69, 9.17) is 4.74 Å². The number of aryl methyl sites for hydroxylation is 1.